The highest BCUT2D eigenvalue weighted by molar-refractivity contribution is 5.91. The number of amides is 1. The summed E-state index contributed by atoms with van der Waals surface area (Å²) in [5, 5.41) is 2.89. The Labute approximate surface area is 161 Å². The summed E-state index contributed by atoms with van der Waals surface area (Å²) in [4.78, 5) is 42.5. The number of nitrogens with one attached hydrogen (secondary N) is 1. The third-order valence-electron chi connectivity index (χ3n) is 4.41. The van der Waals surface area contributed by atoms with Gasteiger partial charge in [-0.25, -0.2) is 14.3 Å². The molecule has 1 N–H and O–H groups in total. The van der Waals surface area contributed by atoms with Crippen LogP contribution in [0.15, 0.2) is 46.1 Å². The Morgan fingerprint density at radius 3 is 2.54 bits per heavy atom. The van der Waals surface area contributed by atoms with E-state index in [9.17, 15) is 14.4 Å². The Kier molecular flexibility index (Phi) is 5.58. The van der Waals surface area contributed by atoms with Crippen molar-refractivity contribution in [2.45, 2.75) is 26.8 Å². The Bertz CT molecular complexity index is 1130. The molecule has 3 rings (SSSR count). The lowest BCUT2D eigenvalue weighted by atomic mass is 10.1. The maximum atomic E-state index is 13.1. The number of pyridine rings is 1. The second-order valence-electron chi connectivity index (χ2n) is 6.24. The lowest BCUT2D eigenvalue weighted by molar-refractivity contribution is -0.116. The number of benzene rings is 1. The third kappa shape index (κ3) is 3.53. The minimum atomic E-state index is -0.611. The average Bonchev–Trinajstić information content (AvgIpc) is 2.70. The van der Waals surface area contributed by atoms with E-state index >= 15 is 0 Å². The molecule has 0 bridgehead atoms. The average molecular weight is 382 g/mol. The van der Waals surface area contributed by atoms with Crippen molar-refractivity contribution in [3.05, 3.63) is 62.9 Å². The molecular formula is C20H22N4O4. The SMILES string of the molecule is CCOc1c(CC)cnc2c1c(=O)n(CC(=O)Nc1ccccc1)c(=O)n2C. The first kappa shape index (κ1) is 19.3. The fraction of sp³-hybridized carbons (Fsp3) is 0.300. The molecule has 1 amide bonds. The zero-order valence-corrected chi connectivity index (χ0v) is 16.1. The van der Waals surface area contributed by atoms with Crippen LogP contribution < -0.4 is 21.3 Å². The van der Waals surface area contributed by atoms with Gasteiger partial charge in [-0.2, -0.15) is 0 Å². The molecule has 0 atom stereocenters. The Morgan fingerprint density at radius 2 is 1.89 bits per heavy atom. The number of aromatic nitrogens is 3. The van der Waals surface area contributed by atoms with Gasteiger partial charge in [-0.1, -0.05) is 25.1 Å². The highest BCUT2D eigenvalue weighted by Gasteiger charge is 2.20. The Balaban J connectivity index is 2.12. The monoisotopic (exact) mass is 382 g/mol. The minimum Gasteiger partial charge on any atom is -0.493 e. The smallest absolute Gasteiger partial charge is 0.332 e. The van der Waals surface area contributed by atoms with Crippen molar-refractivity contribution in [2.75, 3.05) is 11.9 Å². The number of fused-ring (bicyclic) bond motifs is 1. The minimum absolute atomic E-state index is 0.204. The van der Waals surface area contributed by atoms with Gasteiger partial charge in [0.2, 0.25) is 5.91 Å². The molecule has 8 heteroatoms. The second-order valence-corrected chi connectivity index (χ2v) is 6.24. The molecule has 3 aromatic rings. The number of nitrogens with zero attached hydrogens (tertiary/aromatic N) is 3. The summed E-state index contributed by atoms with van der Waals surface area (Å²) < 4.78 is 7.87. The lowest BCUT2D eigenvalue weighted by Gasteiger charge is -2.15. The normalized spacial score (nSPS) is 10.8. The molecule has 0 aliphatic carbocycles. The number of aryl methyl sites for hydroxylation is 2. The second kappa shape index (κ2) is 8.08. The van der Waals surface area contributed by atoms with Crippen LogP contribution in [0.3, 0.4) is 0 Å². The zero-order chi connectivity index (χ0) is 20.3. The van der Waals surface area contributed by atoms with Crippen molar-refractivity contribution in [3.63, 3.8) is 0 Å². The van der Waals surface area contributed by atoms with E-state index in [-0.39, 0.29) is 11.0 Å². The van der Waals surface area contributed by atoms with E-state index in [0.29, 0.717) is 24.5 Å². The van der Waals surface area contributed by atoms with Gasteiger partial charge in [0.15, 0.2) is 5.65 Å². The van der Waals surface area contributed by atoms with Gasteiger partial charge < -0.3 is 10.1 Å². The number of hydrogen-bond donors (Lipinski definition) is 1. The summed E-state index contributed by atoms with van der Waals surface area (Å²) in [6, 6.07) is 8.84. The van der Waals surface area contributed by atoms with Crippen LogP contribution in [0.1, 0.15) is 19.4 Å². The summed E-state index contributed by atoms with van der Waals surface area (Å²) in [6.45, 7) is 3.71. The van der Waals surface area contributed by atoms with Gasteiger partial charge in [0.25, 0.3) is 5.56 Å². The number of carbonyl (C=O) groups excluding carboxylic acids is 1. The summed E-state index contributed by atoms with van der Waals surface area (Å²) in [6.07, 6.45) is 2.23. The van der Waals surface area contributed by atoms with Crippen molar-refractivity contribution >= 4 is 22.6 Å². The van der Waals surface area contributed by atoms with E-state index in [2.05, 4.69) is 10.3 Å². The largest absolute Gasteiger partial charge is 0.493 e. The molecule has 1 aromatic carbocycles. The fourth-order valence-electron chi connectivity index (χ4n) is 3.03. The molecule has 2 aromatic heterocycles. The van der Waals surface area contributed by atoms with Gasteiger partial charge in [-0.15, -0.1) is 0 Å². The molecule has 2 heterocycles. The number of anilines is 1. The van der Waals surface area contributed by atoms with Crippen molar-refractivity contribution in [1.29, 1.82) is 0 Å². The predicted molar refractivity (Wildman–Crippen MR) is 107 cm³/mol. The summed E-state index contributed by atoms with van der Waals surface area (Å²) >= 11 is 0. The van der Waals surface area contributed by atoms with E-state index in [0.717, 1.165) is 10.1 Å². The number of ether oxygens (including phenoxy) is 1. The first-order valence-corrected chi connectivity index (χ1v) is 9.07. The van der Waals surface area contributed by atoms with Crippen LogP contribution in [0.5, 0.6) is 5.75 Å². The highest BCUT2D eigenvalue weighted by atomic mass is 16.5. The van der Waals surface area contributed by atoms with Crippen LogP contribution in [0.4, 0.5) is 5.69 Å². The van der Waals surface area contributed by atoms with Crippen LogP contribution >= 0.6 is 0 Å². The molecule has 0 saturated carbocycles. The number of hydrogen-bond acceptors (Lipinski definition) is 5. The van der Waals surface area contributed by atoms with E-state index < -0.39 is 23.7 Å². The zero-order valence-electron chi connectivity index (χ0n) is 16.1. The van der Waals surface area contributed by atoms with Crippen molar-refractivity contribution < 1.29 is 9.53 Å². The molecule has 0 aliphatic heterocycles. The van der Waals surface area contributed by atoms with Crippen LogP contribution in [-0.4, -0.2) is 26.6 Å². The maximum Gasteiger partial charge on any atom is 0.332 e. The maximum absolute atomic E-state index is 13.1. The van der Waals surface area contributed by atoms with Crippen LogP contribution in [0.2, 0.25) is 0 Å². The lowest BCUT2D eigenvalue weighted by Crippen LogP contribution is -2.42. The van der Waals surface area contributed by atoms with Crippen LogP contribution in [-0.2, 0) is 24.8 Å². The first-order chi connectivity index (χ1) is 13.5. The van der Waals surface area contributed by atoms with E-state index in [1.54, 1.807) is 30.5 Å². The summed E-state index contributed by atoms with van der Waals surface area (Å²) in [5.74, 6) is -0.0601. The number of rotatable bonds is 6. The van der Waals surface area contributed by atoms with Crippen molar-refractivity contribution in [1.82, 2.24) is 14.1 Å². The molecule has 28 heavy (non-hydrogen) atoms. The van der Waals surface area contributed by atoms with E-state index in [4.69, 9.17) is 4.74 Å². The highest BCUT2D eigenvalue weighted by Crippen LogP contribution is 2.25. The molecule has 0 fully saturated rings. The number of para-hydroxylation sites is 1. The molecular weight excluding hydrogens is 360 g/mol. The first-order valence-electron chi connectivity index (χ1n) is 9.07. The Hall–Kier alpha value is -3.42. The van der Waals surface area contributed by atoms with E-state index in [1.807, 2.05) is 19.9 Å². The quantitative estimate of drug-likeness (QED) is 0.700. The van der Waals surface area contributed by atoms with Gasteiger partial charge in [0.05, 0.1) is 6.61 Å². The van der Waals surface area contributed by atoms with E-state index in [1.165, 1.54) is 11.6 Å². The van der Waals surface area contributed by atoms with Gasteiger partial charge in [-0.05, 0) is 25.5 Å². The summed E-state index contributed by atoms with van der Waals surface area (Å²) in [7, 11) is 1.52. The predicted octanol–water partition coefficient (Wildman–Crippen LogP) is 1.69. The van der Waals surface area contributed by atoms with Crippen LogP contribution in [0, 0.1) is 0 Å². The van der Waals surface area contributed by atoms with Crippen LogP contribution in [0.25, 0.3) is 11.0 Å². The topological polar surface area (TPSA) is 95.2 Å². The van der Waals surface area contributed by atoms with Gasteiger partial charge >= 0.3 is 5.69 Å². The van der Waals surface area contributed by atoms with Gasteiger partial charge in [0.1, 0.15) is 17.7 Å². The van der Waals surface area contributed by atoms with Crippen molar-refractivity contribution in [2.24, 2.45) is 7.05 Å². The molecule has 0 unspecified atom stereocenters. The summed E-state index contributed by atoms with van der Waals surface area (Å²) in [5.41, 5.74) is 0.385. The molecule has 0 saturated heterocycles. The molecule has 0 aliphatic rings. The standard InChI is InChI=1S/C20H22N4O4/c1-4-13-11-21-18-16(17(13)28-5-2)19(26)24(20(27)23(18)3)12-15(25)22-14-9-7-6-8-10-14/h6-11H,4-5,12H2,1-3H3,(H,22,25). The Morgan fingerprint density at radius 1 is 1.18 bits per heavy atom. The number of carbonyl (C=O) groups is 1. The molecule has 8 nitrogen and oxygen atoms in total. The molecule has 0 radical (unpaired) electrons. The molecule has 146 valence electrons. The molecule has 0 spiro atoms. The van der Waals surface area contributed by atoms with Gasteiger partial charge in [0, 0.05) is 24.5 Å². The third-order valence-corrected chi connectivity index (χ3v) is 4.41. The van der Waals surface area contributed by atoms with Gasteiger partial charge in [-0.3, -0.25) is 14.2 Å². The fourth-order valence-corrected chi connectivity index (χ4v) is 3.03. The van der Waals surface area contributed by atoms with Crippen molar-refractivity contribution in [3.8, 4) is 5.75 Å².